The first-order chi connectivity index (χ1) is 53.0. The molecule has 50 nitrogen and oxygen atoms in total. The first-order valence-corrected chi connectivity index (χ1v) is 35.6. The third kappa shape index (κ3) is 20.4. The summed E-state index contributed by atoms with van der Waals surface area (Å²) in [5.74, 6) is -3.58. The Balaban J connectivity index is 1.13. The molecule has 0 aliphatic carbocycles. The molecule has 45 atom stereocenters. The summed E-state index contributed by atoms with van der Waals surface area (Å²) in [4.78, 5) is 50.6. The van der Waals surface area contributed by atoms with Crippen molar-refractivity contribution < 1.29 is 227 Å². The van der Waals surface area contributed by atoms with Crippen LogP contribution in [0.2, 0.25) is 0 Å². The Morgan fingerprint density at radius 2 is 0.518 bits per heavy atom. The maximum absolute atomic E-state index is 13.1. The number of carbonyl (C=O) groups is 4. The van der Waals surface area contributed by atoms with E-state index in [1.807, 2.05) is 0 Å². The van der Waals surface area contributed by atoms with E-state index >= 15 is 0 Å². The molecular weight excluding hydrogens is 1540 g/mol. The first kappa shape index (κ1) is 92.1. The summed E-state index contributed by atoms with van der Waals surface area (Å²) < 4.78 is 102. The van der Waals surface area contributed by atoms with Gasteiger partial charge >= 0.3 is 0 Å². The van der Waals surface area contributed by atoms with E-state index in [1.54, 1.807) is 0 Å². The monoisotopic (exact) mass is 1640 g/mol. The summed E-state index contributed by atoms with van der Waals surface area (Å²) in [6, 6.07) is -7.34. The van der Waals surface area contributed by atoms with Crippen LogP contribution < -0.4 is 21.3 Å². The number of ether oxygens (including phenoxy) is 17. The van der Waals surface area contributed by atoms with Crippen LogP contribution >= 0.6 is 0 Å². The Labute approximate surface area is 634 Å². The van der Waals surface area contributed by atoms with Crippen molar-refractivity contribution in [1.29, 1.82) is 0 Å². The fraction of sp³-hybridized carbons (Fsp3) is 0.935. The molecule has 4 amide bonds. The van der Waals surface area contributed by atoms with Crippen molar-refractivity contribution in [1.82, 2.24) is 21.3 Å². The van der Waals surface area contributed by atoms with Gasteiger partial charge in [-0.05, 0) is 0 Å². The second-order valence-electron chi connectivity index (χ2n) is 28.2. The number of aliphatic hydroxyl groups excluding tert-OH is 25. The lowest BCUT2D eigenvalue weighted by atomic mass is 9.93. The van der Waals surface area contributed by atoms with E-state index in [4.69, 9.17) is 80.5 Å². The normalized spacial score (nSPS) is 48.9. The van der Waals surface area contributed by atoms with Crippen molar-refractivity contribution in [3.8, 4) is 0 Å². The van der Waals surface area contributed by atoms with Crippen molar-refractivity contribution in [3.63, 3.8) is 0 Å². The number of rotatable bonds is 29. The summed E-state index contributed by atoms with van der Waals surface area (Å²) in [6.07, 6.45) is -87.6. The van der Waals surface area contributed by atoms with Crippen LogP contribution in [0, 0.1) is 0 Å². The summed E-state index contributed by atoms with van der Waals surface area (Å²) >= 11 is 0. The molecule has 9 fully saturated rings. The molecule has 9 saturated heterocycles. The van der Waals surface area contributed by atoms with Crippen LogP contribution in [0.25, 0.3) is 0 Å². The van der Waals surface area contributed by atoms with E-state index in [2.05, 4.69) is 21.3 Å². The number of aliphatic hydroxyl groups is 25. The SMILES string of the molecule is CC(=O)N[C@H]1[C@H](O[C@H]2[C@H](O)[C@@H](NC(C)=O)C(O)O[C@@H]2CO)O[C@H](CO)[C@@H](O[C@@H]2O[C@H](CO[C@H]3O[C@H](CO[C@H]4O[C@H](CO)[C@@H](O)[C@H](O)[C@@H]4O)[C@@H](O)[C@H](O[C@H]4O[C@H](CO)[C@@H](O)[C@H](O)[C@@H]4O[C@@H]4O[C@H](CO)[C@@H](O)[C@H](O)[C@H]4NC(C)=O)[C@@H]3O)[C@@H](O[C@@H]3O[C@H](CO)[C@@H](O)[C@H](O)[C@H]3NC(C)=O)[C@H](O[C@H]3O[C@H](CO)[C@@H](O)[C@H](O)[C@@H]3O)[C@@H]2O)[C@@H]1O. The van der Waals surface area contributed by atoms with Crippen molar-refractivity contribution in [2.45, 2.75) is 304 Å². The predicted molar refractivity (Wildman–Crippen MR) is 343 cm³/mol. The molecule has 9 rings (SSSR count). The lowest BCUT2D eigenvalue weighted by molar-refractivity contribution is -0.402. The summed E-state index contributed by atoms with van der Waals surface area (Å²) in [7, 11) is 0. The van der Waals surface area contributed by atoms with Gasteiger partial charge in [0.2, 0.25) is 23.6 Å². The number of hydrogen-bond acceptors (Lipinski definition) is 46. The Morgan fingerprint density at radius 1 is 0.232 bits per heavy atom. The third-order valence-electron chi connectivity index (χ3n) is 20.3. The average Bonchev–Trinajstić information content (AvgIpc) is 0.764. The van der Waals surface area contributed by atoms with E-state index in [0.29, 0.717) is 0 Å². The molecule has 0 spiro atoms. The van der Waals surface area contributed by atoms with E-state index < -0.39 is 359 Å². The van der Waals surface area contributed by atoms with Gasteiger partial charge in [-0.3, -0.25) is 19.2 Å². The zero-order valence-corrected chi connectivity index (χ0v) is 60.1. The Morgan fingerprint density at radius 3 is 0.982 bits per heavy atom. The van der Waals surface area contributed by atoms with E-state index in [1.165, 1.54) is 0 Å². The quantitative estimate of drug-likeness (QED) is 0.0331. The number of amides is 4. The van der Waals surface area contributed by atoms with Gasteiger partial charge < -0.3 is 229 Å². The number of hydrogen-bond donors (Lipinski definition) is 29. The number of carbonyl (C=O) groups excluding carboxylic acids is 4. The van der Waals surface area contributed by atoms with Crippen molar-refractivity contribution in [3.05, 3.63) is 0 Å². The molecule has 9 heterocycles. The fourth-order valence-electron chi connectivity index (χ4n) is 14.4. The molecular formula is C62H104N4O46. The molecule has 0 aromatic heterocycles. The molecule has 1 unspecified atom stereocenters. The van der Waals surface area contributed by atoms with Gasteiger partial charge in [-0.1, -0.05) is 0 Å². The topological polar surface area (TPSA) is 779 Å². The van der Waals surface area contributed by atoms with Crippen LogP contribution in [0.4, 0.5) is 0 Å². The maximum atomic E-state index is 13.1. The van der Waals surface area contributed by atoms with Gasteiger partial charge in [0, 0.05) is 27.7 Å². The summed E-state index contributed by atoms with van der Waals surface area (Å²) in [5.41, 5.74) is 0. The minimum atomic E-state index is -2.61. The molecule has 648 valence electrons. The van der Waals surface area contributed by atoms with E-state index in [-0.39, 0.29) is 0 Å². The fourth-order valence-corrected chi connectivity index (χ4v) is 14.4. The molecule has 0 aromatic carbocycles. The molecule has 9 aliphatic heterocycles. The second kappa shape index (κ2) is 40.3. The minimum Gasteiger partial charge on any atom is -0.394 e. The smallest absolute Gasteiger partial charge is 0.217 e. The van der Waals surface area contributed by atoms with Crippen molar-refractivity contribution in [2.75, 3.05) is 59.5 Å². The zero-order chi connectivity index (χ0) is 82.5. The van der Waals surface area contributed by atoms with Gasteiger partial charge in [-0.2, -0.15) is 0 Å². The van der Waals surface area contributed by atoms with E-state index in [0.717, 1.165) is 27.7 Å². The van der Waals surface area contributed by atoms with Gasteiger partial charge in [-0.25, -0.2) is 0 Å². The van der Waals surface area contributed by atoms with Crippen LogP contribution in [-0.2, 0) is 99.7 Å². The lowest BCUT2D eigenvalue weighted by Gasteiger charge is -2.52. The van der Waals surface area contributed by atoms with E-state index in [9.17, 15) is 147 Å². The molecule has 0 radical (unpaired) electrons. The highest BCUT2D eigenvalue weighted by atomic mass is 16.8. The zero-order valence-electron chi connectivity index (χ0n) is 60.1. The van der Waals surface area contributed by atoms with Crippen molar-refractivity contribution in [2.24, 2.45) is 0 Å². The first-order valence-electron chi connectivity index (χ1n) is 35.6. The lowest BCUT2D eigenvalue weighted by Crippen LogP contribution is -2.71. The van der Waals surface area contributed by atoms with Crippen LogP contribution in [0.15, 0.2) is 0 Å². The van der Waals surface area contributed by atoms with Gasteiger partial charge in [0.25, 0.3) is 0 Å². The highest BCUT2D eigenvalue weighted by Gasteiger charge is 2.61. The largest absolute Gasteiger partial charge is 0.394 e. The predicted octanol–water partition coefficient (Wildman–Crippen LogP) is -20.1. The maximum Gasteiger partial charge on any atom is 0.217 e. The van der Waals surface area contributed by atoms with Gasteiger partial charge in [0.15, 0.2) is 56.6 Å². The van der Waals surface area contributed by atoms with Crippen LogP contribution in [0.3, 0.4) is 0 Å². The van der Waals surface area contributed by atoms with Crippen LogP contribution in [0.5, 0.6) is 0 Å². The minimum absolute atomic E-state index is 0.795. The number of nitrogens with one attached hydrogen (secondary N) is 4. The molecule has 0 bridgehead atoms. The molecule has 112 heavy (non-hydrogen) atoms. The molecule has 50 heteroatoms. The Kier molecular flexibility index (Phi) is 33.1. The van der Waals surface area contributed by atoms with Gasteiger partial charge in [0.1, 0.15) is 219 Å². The standard InChI is InChI=1S/C62H104N4O46/c1-14(74)63-27-39(86)48(23(10-72)98-54(27)95)107-57-30(66-17(4)77)40(87)49(24(11-73)104-57)108-61-47(94)52(111-60-45(92)42(89)34(81)21(8-70)102-60)50(109-55-28(64-15(2)75)37(84)31(78)18(5-67)99-55)26(106-61)13-97-59-46(93)51(36(83)25(105-59)12-96-58-44(91)41(88)33(80)20(7-69)101-58)110-62-53(43(90)35(82)22(9-71)103-62)112-56-29(65-16(3)76)38(85)32(79)19(6-68)100-56/h18-62,67-73,78-95H,5-13H2,1-4H3,(H,63,74)(H,64,75)(H,65,76)(H,66,77)/t18-,19-,20-,21-,22-,23-,24-,25-,26-,27-,28-,29-,30-,31-,32-,33-,34-,35-,36-,37-,38-,39-,40-,41+,42+,43+,44+,45+,46+,47+,48-,49-,50-,51+,52-,53+,54?,55+,56+,57+,58+,59+,60-,61+,62-/m1/s1. The molecule has 9 aliphatic rings. The van der Waals surface area contributed by atoms with Crippen LogP contribution in [-0.4, -0.2) is 487 Å². The Bertz CT molecular complexity index is 2970. The molecule has 0 saturated carbocycles. The highest BCUT2D eigenvalue weighted by Crippen LogP contribution is 2.40. The van der Waals surface area contributed by atoms with Crippen LogP contribution in [0.1, 0.15) is 27.7 Å². The summed E-state index contributed by atoms with van der Waals surface area (Å²) in [5, 5.41) is 288. The van der Waals surface area contributed by atoms with Crippen molar-refractivity contribution >= 4 is 23.6 Å². The molecule has 29 N–H and O–H groups in total. The van der Waals surface area contributed by atoms with Gasteiger partial charge in [0.05, 0.1) is 59.5 Å². The highest BCUT2D eigenvalue weighted by molar-refractivity contribution is 5.74. The van der Waals surface area contributed by atoms with Gasteiger partial charge in [-0.15, -0.1) is 0 Å². The third-order valence-corrected chi connectivity index (χ3v) is 20.3. The molecule has 0 aromatic rings. The average molecular weight is 1640 g/mol. The second-order valence-corrected chi connectivity index (χ2v) is 28.2. The summed E-state index contributed by atoms with van der Waals surface area (Å²) in [6.45, 7) is -6.19. The Hall–Kier alpha value is -3.80.